The molecule has 0 aliphatic heterocycles. The molecule has 0 amide bonds. The molecule has 0 aliphatic rings. The van der Waals surface area contributed by atoms with Crippen LogP contribution in [0.5, 0.6) is 0 Å². The Labute approximate surface area is 224 Å². The van der Waals surface area contributed by atoms with Gasteiger partial charge in [-0.15, -0.1) is 0 Å². The standard InChI is InChI=1S/C33H26N6/c1-4-26-36-29-20-11-9-18(15-24(20)27-22(31(29)37-26)7-5-13-34-27)19-10-12-21-25(16-19)28-23(8-6-14-35-28)32-30(21)38-33(39-32)17(2)3/h5-17H,4H2,1-3H3,(H,36,37)(H,38,39). The molecule has 0 saturated heterocycles. The van der Waals surface area contributed by atoms with Crippen LogP contribution in [0.1, 0.15) is 38.3 Å². The van der Waals surface area contributed by atoms with Crippen LogP contribution in [-0.4, -0.2) is 29.9 Å². The highest BCUT2D eigenvalue weighted by atomic mass is 14.9. The minimum atomic E-state index is 0.314. The summed E-state index contributed by atoms with van der Waals surface area (Å²) >= 11 is 0. The Balaban J connectivity index is 1.41. The third-order valence-electron chi connectivity index (χ3n) is 7.90. The predicted octanol–water partition coefficient (Wildman–Crippen LogP) is 8.19. The molecule has 2 N–H and O–H groups in total. The van der Waals surface area contributed by atoms with Crippen molar-refractivity contribution in [2.24, 2.45) is 0 Å². The Hall–Kier alpha value is -4.84. The maximum atomic E-state index is 4.96. The largest absolute Gasteiger partial charge is 0.341 e. The molecule has 8 aromatic rings. The van der Waals surface area contributed by atoms with Crippen molar-refractivity contribution in [1.82, 2.24) is 29.9 Å². The van der Waals surface area contributed by atoms with Crippen molar-refractivity contribution in [3.63, 3.8) is 0 Å². The van der Waals surface area contributed by atoms with E-state index in [0.717, 1.165) is 94.6 Å². The molecule has 4 heterocycles. The fourth-order valence-corrected chi connectivity index (χ4v) is 5.93. The van der Waals surface area contributed by atoms with Crippen molar-refractivity contribution in [1.29, 1.82) is 0 Å². The smallest absolute Gasteiger partial charge is 0.109 e. The van der Waals surface area contributed by atoms with Crippen LogP contribution in [0.15, 0.2) is 73.1 Å². The molecule has 188 valence electrons. The molecule has 0 radical (unpaired) electrons. The molecule has 0 aliphatic carbocycles. The lowest BCUT2D eigenvalue weighted by Crippen LogP contribution is -1.88. The van der Waals surface area contributed by atoms with Gasteiger partial charge in [0.2, 0.25) is 0 Å². The fourth-order valence-electron chi connectivity index (χ4n) is 5.93. The maximum absolute atomic E-state index is 4.96. The van der Waals surface area contributed by atoms with Crippen LogP contribution >= 0.6 is 0 Å². The van der Waals surface area contributed by atoms with E-state index in [1.807, 2.05) is 24.5 Å². The van der Waals surface area contributed by atoms with Crippen molar-refractivity contribution < 1.29 is 0 Å². The Morgan fingerprint density at radius 2 is 1.18 bits per heavy atom. The van der Waals surface area contributed by atoms with Crippen LogP contribution in [0.4, 0.5) is 0 Å². The molecular weight excluding hydrogens is 480 g/mol. The first-order chi connectivity index (χ1) is 19.1. The zero-order valence-electron chi connectivity index (χ0n) is 22.0. The third-order valence-corrected chi connectivity index (χ3v) is 7.90. The highest BCUT2D eigenvalue weighted by molar-refractivity contribution is 6.24. The lowest BCUT2D eigenvalue weighted by atomic mass is 9.95. The molecule has 6 heteroatoms. The normalized spacial score (nSPS) is 12.3. The Morgan fingerprint density at radius 3 is 1.74 bits per heavy atom. The minimum Gasteiger partial charge on any atom is -0.341 e. The van der Waals surface area contributed by atoms with E-state index in [0.29, 0.717) is 5.92 Å². The number of aromatic nitrogens is 6. The molecule has 0 saturated carbocycles. The van der Waals surface area contributed by atoms with Crippen LogP contribution in [0.25, 0.3) is 76.5 Å². The van der Waals surface area contributed by atoms with E-state index in [1.54, 1.807) is 0 Å². The van der Waals surface area contributed by atoms with Gasteiger partial charge in [0.1, 0.15) is 11.6 Å². The predicted molar refractivity (Wildman–Crippen MR) is 160 cm³/mol. The molecule has 0 fully saturated rings. The number of rotatable bonds is 3. The van der Waals surface area contributed by atoms with Crippen molar-refractivity contribution in [2.75, 3.05) is 0 Å². The quantitative estimate of drug-likeness (QED) is 0.237. The van der Waals surface area contributed by atoms with E-state index in [1.165, 1.54) is 0 Å². The number of fused-ring (bicyclic) bond motifs is 12. The van der Waals surface area contributed by atoms with Gasteiger partial charge in [-0.05, 0) is 47.5 Å². The van der Waals surface area contributed by atoms with Crippen molar-refractivity contribution >= 4 is 65.4 Å². The van der Waals surface area contributed by atoms with Gasteiger partial charge in [-0.25, -0.2) is 9.97 Å². The molecule has 4 aromatic heterocycles. The van der Waals surface area contributed by atoms with Crippen molar-refractivity contribution in [3.8, 4) is 11.1 Å². The zero-order chi connectivity index (χ0) is 26.2. The van der Waals surface area contributed by atoms with Crippen LogP contribution in [-0.2, 0) is 6.42 Å². The number of hydrogen-bond acceptors (Lipinski definition) is 4. The summed E-state index contributed by atoms with van der Waals surface area (Å²) in [5.74, 6) is 2.30. The Morgan fingerprint density at radius 1 is 0.615 bits per heavy atom. The summed E-state index contributed by atoms with van der Waals surface area (Å²) in [6.07, 6.45) is 4.59. The molecule has 6 nitrogen and oxygen atoms in total. The fraction of sp³-hybridized carbons (Fsp3) is 0.152. The highest BCUT2D eigenvalue weighted by Crippen LogP contribution is 2.38. The van der Waals surface area contributed by atoms with Crippen molar-refractivity contribution in [3.05, 3.63) is 84.7 Å². The molecule has 0 unspecified atom stereocenters. The first kappa shape index (κ1) is 22.2. The molecule has 8 rings (SSSR count). The molecular formula is C33H26N6. The molecule has 4 aromatic carbocycles. The summed E-state index contributed by atoms with van der Waals surface area (Å²) in [6.45, 7) is 6.45. The second kappa shape index (κ2) is 8.08. The summed E-state index contributed by atoms with van der Waals surface area (Å²) in [5.41, 5.74) is 8.35. The van der Waals surface area contributed by atoms with Crippen LogP contribution in [0.2, 0.25) is 0 Å². The third kappa shape index (κ3) is 3.15. The first-order valence-corrected chi connectivity index (χ1v) is 13.5. The number of hydrogen-bond donors (Lipinski definition) is 2. The number of aryl methyl sites for hydroxylation is 1. The van der Waals surface area contributed by atoms with E-state index in [-0.39, 0.29) is 0 Å². The van der Waals surface area contributed by atoms with E-state index in [2.05, 4.69) is 79.3 Å². The Kier molecular flexibility index (Phi) is 4.59. The number of nitrogens with one attached hydrogen (secondary N) is 2. The van der Waals surface area contributed by atoms with Gasteiger partial charge in [-0.1, -0.05) is 45.0 Å². The molecule has 39 heavy (non-hydrogen) atoms. The van der Waals surface area contributed by atoms with E-state index in [4.69, 9.17) is 19.9 Å². The average Bonchev–Trinajstić information content (AvgIpc) is 3.63. The zero-order valence-corrected chi connectivity index (χ0v) is 22.0. The number of pyridine rings is 2. The molecule has 0 spiro atoms. The van der Waals surface area contributed by atoms with Crippen LogP contribution in [0, 0.1) is 0 Å². The van der Waals surface area contributed by atoms with Crippen molar-refractivity contribution in [2.45, 2.75) is 33.1 Å². The SMILES string of the molecule is CCc1nc2c3cccnc3c3cc(-c4ccc5c(c4)c4ncccc4c4nc(C(C)C)[nH]c54)ccc3c2[nH]1. The summed E-state index contributed by atoms with van der Waals surface area (Å²) < 4.78 is 0. The summed E-state index contributed by atoms with van der Waals surface area (Å²) in [4.78, 5) is 26.6. The van der Waals surface area contributed by atoms with Gasteiger partial charge >= 0.3 is 0 Å². The van der Waals surface area contributed by atoms with Gasteiger partial charge in [-0.2, -0.15) is 0 Å². The maximum Gasteiger partial charge on any atom is 0.109 e. The lowest BCUT2D eigenvalue weighted by molar-refractivity contribution is 0.799. The highest BCUT2D eigenvalue weighted by Gasteiger charge is 2.17. The number of H-pyrrole nitrogens is 2. The van der Waals surface area contributed by atoms with E-state index in [9.17, 15) is 0 Å². The minimum absolute atomic E-state index is 0.314. The summed E-state index contributed by atoms with van der Waals surface area (Å²) in [7, 11) is 0. The molecule has 0 bridgehead atoms. The topological polar surface area (TPSA) is 83.1 Å². The van der Waals surface area contributed by atoms with Gasteiger partial charge in [0.15, 0.2) is 0 Å². The first-order valence-electron chi connectivity index (χ1n) is 13.5. The number of benzene rings is 4. The average molecular weight is 507 g/mol. The van der Waals surface area contributed by atoms with Crippen LogP contribution < -0.4 is 0 Å². The molecule has 0 atom stereocenters. The number of nitrogens with zero attached hydrogens (tertiary/aromatic N) is 4. The van der Waals surface area contributed by atoms with Gasteiger partial charge in [0.25, 0.3) is 0 Å². The van der Waals surface area contributed by atoms with Crippen LogP contribution in [0.3, 0.4) is 0 Å². The second-order valence-corrected chi connectivity index (χ2v) is 10.6. The second-order valence-electron chi connectivity index (χ2n) is 10.6. The Bertz CT molecular complexity index is 2250. The van der Waals surface area contributed by atoms with E-state index < -0.39 is 0 Å². The number of aromatic amines is 2. The lowest BCUT2D eigenvalue weighted by Gasteiger charge is -2.10. The summed E-state index contributed by atoms with van der Waals surface area (Å²) in [5, 5.41) is 6.66. The van der Waals surface area contributed by atoms with Gasteiger partial charge in [0.05, 0.1) is 33.1 Å². The van der Waals surface area contributed by atoms with Gasteiger partial charge in [0, 0.05) is 57.0 Å². The monoisotopic (exact) mass is 506 g/mol. The van der Waals surface area contributed by atoms with Gasteiger partial charge in [-0.3, -0.25) is 9.97 Å². The van der Waals surface area contributed by atoms with E-state index >= 15 is 0 Å². The summed E-state index contributed by atoms with van der Waals surface area (Å²) in [6, 6.07) is 21.5. The number of imidazole rings is 2. The van der Waals surface area contributed by atoms with Gasteiger partial charge < -0.3 is 9.97 Å².